The maximum absolute atomic E-state index is 13.5. The Hall–Kier alpha value is -1.41. The largest absolute Gasteiger partial charge is 0.496 e. The minimum absolute atomic E-state index is 0.0694. The van der Waals surface area contributed by atoms with Crippen LogP contribution < -0.4 is 15.2 Å². The molecule has 0 saturated heterocycles. The smallest absolute Gasteiger partial charge is 0.260 e. The van der Waals surface area contributed by atoms with Crippen molar-refractivity contribution in [3.8, 4) is 17.4 Å². The van der Waals surface area contributed by atoms with Crippen LogP contribution in [0.1, 0.15) is 0 Å². The lowest BCUT2D eigenvalue weighted by Crippen LogP contribution is -2.00. The fourth-order valence-corrected chi connectivity index (χ4v) is 2.17. The molecule has 1 aromatic carbocycles. The Labute approximate surface area is 125 Å². The summed E-state index contributed by atoms with van der Waals surface area (Å²) < 4.78 is 25.2. The Morgan fingerprint density at radius 1 is 1.21 bits per heavy atom. The number of hydrogen-bond donors (Lipinski definition) is 1. The fraction of sp³-hybridized carbons (Fsp3) is 0.0909. The number of ether oxygens (including phenoxy) is 2. The molecule has 8 heteroatoms. The Bertz CT molecular complexity index is 625. The van der Waals surface area contributed by atoms with Crippen LogP contribution in [0.4, 0.5) is 10.3 Å². The van der Waals surface area contributed by atoms with Crippen molar-refractivity contribution >= 4 is 37.8 Å². The van der Waals surface area contributed by atoms with E-state index in [2.05, 4.69) is 41.8 Å². The van der Waals surface area contributed by atoms with Gasteiger partial charge < -0.3 is 15.2 Å². The van der Waals surface area contributed by atoms with Gasteiger partial charge in [-0.3, -0.25) is 0 Å². The van der Waals surface area contributed by atoms with Crippen LogP contribution in [0.15, 0.2) is 27.3 Å². The average Bonchev–Trinajstić information content (AvgIpc) is 2.37. The average molecular weight is 393 g/mol. The highest BCUT2D eigenvalue weighted by atomic mass is 79.9. The van der Waals surface area contributed by atoms with Gasteiger partial charge in [-0.25, -0.2) is 4.98 Å². The molecule has 0 aliphatic rings. The fourth-order valence-electron chi connectivity index (χ4n) is 1.29. The maximum Gasteiger partial charge on any atom is 0.260 e. The summed E-state index contributed by atoms with van der Waals surface area (Å²) in [4.78, 5) is 7.20. The number of benzene rings is 1. The molecule has 0 amide bonds. The highest BCUT2D eigenvalue weighted by Crippen LogP contribution is 2.38. The second-order valence-corrected chi connectivity index (χ2v) is 5.11. The highest BCUT2D eigenvalue weighted by molar-refractivity contribution is 9.11. The number of anilines is 1. The van der Waals surface area contributed by atoms with Crippen molar-refractivity contribution in [1.82, 2.24) is 9.97 Å². The van der Waals surface area contributed by atoms with E-state index in [1.54, 1.807) is 12.1 Å². The van der Waals surface area contributed by atoms with Crippen LogP contribution in [0.2, 0.25) is 0 Å². The van der Waals surface area contributed by atoms with E-state index in [4.69, 9.17) is 15.2 Å². The van der Waals surface area contributed by atoms with Crippen molar-refractivity contribution in [2.24, 2.45) is 0 Å². The van der Waals surface area contributed by atoms with Gasteiger partial charge in [0.25, 0.3) is 5.88 Å². The summed E-state index contributed by atoms with van der Waals surface area (Å²) in [5, 5.41) is 0. The third-order valence-corrected chi connectivity index (χ3v) is 3.38. The van der Waals surface area contributed by atoms with Gasteiger partial charge in [0.2, 0.25) is 11.8 Å². The summed E-state index contributed by atoms with van der Waals surface area (Å²) in [6.45, 7) is 0. The molecule has 1 aromatic heterocycles. The van der Waals surface area contributed by atoms with Gasteiger partial charge in [0.15, 0.2) is 0 Å². The summed E-state index contributed by atoms with van der Waals surface area (Å²) in [6, 6.07) is 3.31. The normalized spacial score (nSPS) is 10.3. The van der Waals surface area contributed by atoms with Crippen molar-refractivity contribution in [2.75, 3.05) is 12.8 Å². The third-order valence-electron chi connectivity index (χ3n) is 2.14. The molecule has 2 rings (SSSR count). The molecule has 1 heterocycles. The minimum atomic E-state index is -0.701. The standard InChI is InChI=1S/C11H8Br2FN3O2/c1-18-8-2-6(13)9(3-5(8)12)19-10-7(14)4-16-11(15)17-10/h2-4H,1H3,(H2,15,16,17). The molecule has 2 N–H and O–H groups in total. The van der Waals surface area contributed by atoms with Crippen LogP contribution in [0, 0.1) is 5.82 Å². The lowest BCUT2D eigenvalue weighted by Gasteiger charge is -2.10. The van der Waals surface area contributed by atoms with E-state index in [-0.39, 0.29) is 11.8 Å². The van der Waals surface area contributed by atoms with Gasteiger partial charge in [-0.05, 0) is 44.0 Å². The van der Waals surface area contributed by atoms with E-state index in [1.165, 1.54) is 7.11 Å². The first-order valence-electron chi connectivity index (χ1n) is 5.00. The van der Waals surface area contributed by atoms with Crippen LogP contribution in [0.3, 0.4) is 0 Å². The molecule has 0 fully saturated rings. The first-order chi connectivity index (χ1) is 9.01. The number of halogens is 3. The second-order valence-electron chi connectivity index (χ2n) is 3.40. The van der Waals surface area contributed by atoms with Crippen molar-refractivity contribution in [3.05, 3.63) is 33.1 Å². The van der Waals surface area contributed by atoms with Crippen molar-refractivity contribution < 1.29 is 13.9 Å². The van der Waals surface area contributed by atoms with Gasteiger partial charge in [-0.15, -0.1) is 0 Å². The summed E-state index contributed by atoms with van der Waals surface area (Å²) in [6.07, 6.45) is 0.949. The van der Waals surface area contributed by atoms with E-state index < -0.39 is 5.82 Å². The van der Waals surface area contributed by atoms with Gasteiger partial charge in [-0.1, -0.05) is 0 Å². The Morgan fingerprint density at radius 3 is 2.53 bits per heavy atom. The van der Waals surface area contributed by atoms with Crippen LogP contribution in [-0.4, -0.2) is 17.1 Å². The predicted molar refractivity (Wildman–Crippen MR) is 74.9 cm³/mol. The number of nitrogens with zero attached hydrogens (tertiary/aromatic N) is 2. The third kappa shape index (κ3) is 3.13. The van der Waals surface area contributed by atoms with Crippen LogP contribution >= 0.6 is 31.9 Å². The summed E-state index contributed by atoms with van der Waals surface area (Å²) >= 11 is 6.61. The predicted octanol–water partition coefficient (Wildman–Crippen LogP) is 3.52. The molecule has 100 valence electrons. The monoisotopic (exact) mass is 391 g/mol. The van der Waals surface area contributed by atoms with E-state index in [0.29, 0.717) is 20.4 Å². The molecule has 0 atom stereocenters. The first-order valence-corrected chi connectivity index (χ1v) is 6.58. The van der Waals surface area contributed by atoms with Crippen molar-refractivity contribution in [3.63, 3.8) is 0 Å². The summed E-state index contributed by atoms with van der Waals surface area (Å²) in [5.74, 6) is -0.0371. The van der Waals surface area contributed by atoms with Crippen LogP contribution in [0.25, 0.3) is 0 Å². The quantitative estimate of drug-likeness (QED) is 0.865. The van der Waals surface area contributed by atoms with E-state index in [0.717, 1.165) is 6.20 Å². The minimum Gasteiger partial charge on any atom is -0.496 e. The number of methoxy groups -OCH3 is 1. The molecule has 2 aromatic rings. The molecule has 0 spiro atoms. The molecule has 0 aliphatic carbocycles. The number of nitrogen functional groups attached to an aromatic ring is 1. The Kier molecular flexibility index (Phi) is 4.20. The van der Waals surface area contributed by atoms with Gasteiger partial charge >= 0.3 is 0 Å². The zero-order valence-electron chi connectivity index (χ0n) is 9.65. The maximum atomic E-state index is 13.5. The zero-order chi connectivity index (χ0) is 14.0. The molecule has 0 unspecified atom stereocenters. The van der Waals surface area contributed by atoms with Crippen molar-refractivity contribution in [2.45, 2.75) is 0 Å². The van der Waals surface area contributed by atoms with E-state index >= 15 is 0 Å². The zero-order valence-corrected chi connectivity index (χ0v) is 12.8. The van der Waals surface area contributed by atoms with Crippen molar-refractivity contribution in [1.29, 1.82) is 0 Å². The number of aromatic nitrogens is 2. The lowest BCUT2D eigenvalue weighted by molar-refractivity contribution is 0.403. The van der Waals surface area contributed by atoms with Gasteiger partial charge in [0, 0.05) is 0 Å². The SMILES string of the molecule is COc1cc(Br)c(Oc2nc(N)ncc2F)cc1Br. The molecule has 19 heavy (non-hydrogen) atoms. The van der Waals surface area contributed by atoms with Crippen LogP contribution in [-0.2, 0) is 0 Å². The lowest BCUT2D eigenvalue weighted by atomic mass is 10.3. The van der Waals surface area contributed by atoms with Crippen LogP contribution in [0.5, 0.6) is 17.4 Å². The summed E-state index contributed by atoms with van der Waals surface area (Å²) in [5.41, 5.74) is 5.38. The molecule has 0 bridgehead atoms. The topological polar surface area (TPSA) is 70.3 Å². The van der Waals surface area contributed by atoms with E-state index in [1.807, 2.05) is 0 Å². The number of hydrogen-bond acceptors (Lipinski definition) is 5. The number of rotatable bonds is 3. The van der Waals surface area contributed by atoms with Gasteiger partial charge in [0.05, 0.1) is 22.3 Å². The Morgan fingerprint density at radius 2 is 1.84 bits per heavy atom. The Balaban J connectivity index is 2.38. The molecular weight excluding hydrogens is 385 g/mol. The molecular formula is C11H8Br2FN3O2. The molecule has 0 radical (unpaired) electrons. The molecule has 5 nitrogen and oxygen atoms in total. The molecule has 0 aliphatic heterocycles. The van der Waals surface area contributed by atoms with Gasteiger partial charge in [0.1, 0.15) is 11.5 Å². The molecule has 0 saturated carbocycles. The first kappa shape index (κ1) is 14.0. The van der Waals surface area contributed by atoms with Gasteiger partial charge in [-0.2, -0.15) is 9.37 Å². The summed E-state index contributed by atoms with van der Waals surface area (Å²) in [7, 11) is 1.54. The highest BCUT2D eigenvalue weighted by Gasteiger charge is 2.13. The number of nitrogens with two attached hydrogens (primary N) is 1. The second kappa shape index (κ2) is 5.70. The van der Waals surface area contributed by atoms with E-state index in [9.17, 15) is 4.39 Å².